The van der Waals surface area contributed by atoms with Crippen molar-refractivity contribution in [1.82, 2.24) is 9.66 Å². The summed E-state index contributed by atoms with van der Waals surface area (Å²) in [4.78, 5) is 30.8. The Morgan fingerprint density at radius 3 is 2.58 bits per heavy atom. The van der Waals surface area contributed by atoms with Crippen molar-refractivity contribution in [2.45, 2.75) is 0 Å². The van der Waals surface area contributed by atoms with Gasteiger partial charge < -0.3 is 4.74 Å². The highest BCUT2D eigenvalue weighted by Crippen LogP contribution is 2.24. The smallest absolute Gasteiger partial charge is 0.280 e. The number of methoxy groups -OCH3 is 1. The standard InChI is InChI=1S/C22H14BrClFN3O3/c1-31-15-7-8-18(23)16(11-15)21(29)27-28-20(12-2-5-14(25)6-3-12)26-19-9-4-13(24)10-17(19)22(28)30/h2-11H,1H3,(H,27,29). The van der Waals surface area contributed by atoms with Crippen LogP contribution in [0.5, 0.6) is 5.75 Å². The molecular formula is C22H14BrClFN3O3. The van der Waals surface area contributed by atoms with Crippen LogP contribution in [0.1, 0.15) is 10.4 Å². The first-order chi connectivity index (χ1) is 14.9. The topological polar surface area (TPSA) is 73.2 Å². The number of ether oxygens (including phenoxy) is 1. The summed E-state index contributed by atoms with van der Waals surface area (Å²) in [7, 11) is 1.49. The van der Waals surface area contributed by atoms with Gasteiger partial charge in [-0.05, 0) is 76.6 Å². The Balaban J connectivity index is 1.90. The molecule has 0 aliphatic carbocycles. The fourth-order valence-corrected chi connectivity index (χ4v) is 3.62. The minimum Gasteiger partial charge on any atom is -0.497 e. The summed E-state index contributed by atoms with van der Waals surface area (Å²) in [6.07, 6.45) is 0. The van der Waals surface area contributed by atoms with E-state index >= 15 is 0 Å². The lowest BCUT2D eigenvalue weighted by Crippen LogP contribution is -2.35. The molecule has 0 radical (unpaired) electrons. The van der Waals surface area contributed by atoms with Crippen LogP contribution in [0.25, 0.3) is 22.3 Å². The number of carbonyl (C=O) groups excluding carboxylic acids is 1. The molecule has 0 atom stereocenters. The van der Waals surface area contributed by atoms with Gasteiger partial charge in [-0.25, -0.2) is 9.37 Å². The Labute approximate surface area is 189 Å². The SMILES string of the molecule is COc1ccc(Br)c(C(=O)Nn2c(-c3ccc(F)cc3)nc3ccc(Cl)cc3c2=O)c1. The second-order valence-electron chi connectivity index (χ2n) is 6.53. The number of rotatable bonds is 4. The summed E-state index contributed by atoms with van der Waals surface area (Å²) in [5, 5.41) is 0.581. The van der Waals surface area contributed by atoms with E-state index in [0.29, 0.717) is 26.3 Å². The van der Waals surface area contributed by atoms with Crippen molar-refractivity contribution in [2.75, 3.05) is 12.5 Å². The molecule has 0 aliphatic rings. The van der Waals surface area contributed by atoms with E-state index in [2.05, 4.69) is 26.3 Å². The van der Waals surface area contributed by atoms with Crippen molar-refractivity contribution in [1.29, 1.82) is 0 Å². The molecule has 1 N–H and O–H groups in total. The molecule has 6 nitrogen and oxygen atoms in total. The maximum absolute atomic E-state index is 13.4. The molecule has 0 bridgehead atoms. The number of hydrogen-bond acceptors (Lipinski definition) is 4. The highest BCUT2D eigenvalue weighted by Gasteiger charge is 2.18. The van der Waals surface area contributed by atoms with Crippen LogP contribution in [0.2, 0.25) is 5.02 Å². The monoisotopic (exact) mass is 501 g/mol. The van der Waals surface area contributed by atoms with Gasteiger partial charge in [-0.3, -0.25) is 15.0 Å². The second-order valence-corrected chi connectivity index (χ2v) is 7.82. The first-order valence-corrected chi connectivity index (χ1v) is 10.2. The quantitative estimate of drug-likeness (QED) is 0.426. The van der Waals surface area contributed by atoms with E-state index in [0.717, 1.165) is 4.68 Å². The van der Waals surface area contributed by atoms with E-state index in [-0.39, 0.29) is 16.8 Å². The van der Waals surface area contributed by atoms with Crippen molar-refractivity contribution >= 4 is 44.3 Å². The first-order valence-electron chi connectivity index (χ1n) is 9.00. The van der Waals surface area contributed by atoms with Gasteiger partial charge in [0.05, 0.1) is 23.6 Å². The number of hydrogen-bond donors (Lipinski definition) is 1. The summed E-state index contributed by atoms with van der Waals surface area (Å²) < 4.78 is 20.2. The predicted octanol–water partition coefficient (Wildman–Crippen LogP) is 5.01. The van der Waals surface area contributed by atoms with Gasteiger partial charge in [0.2, 0.25) is 0 Å². The van der Waals surface area contributed by atoms with Crippen LogP contribution >= 0.6 is 27.5 Å². The Hall–Kier alpha value is -3.23. The maximum atomic E-state index is 13.4. The number of nitrogens with zero attached hydrogens (tertiary/aromatic N) is 2. The first kappa shape index (κ1) is 21.0. The molecule has 1 heterocycles. The molecule has 1 amide bonds. The highest BCUT2D eigenvalue weighted by atomic mass is 79.9. The molecular weight excluding hydrogens is 489 g/mol. The van der Waals surface area contributed by atoms with Gasteiger partial charge in [0.1, 0.15) is 11.6 Å². The number of amides is 1. The van der Waals surface area contributed by atoms with Gasteiger partial charge >= 0.3 is 0 Å². The van der Waals surface area contributed by atoms with E-state index < -0.39 is 17.3 Å². The third-order valence-electron chi connectivity index (χ3n) is 4.56. The van der Waals surface area contributed by atoms with Crippen molar-refractivity contribution in [3.8, 4) is 17.1 Å². The van der Waals surface area contributed by atoms with Gasteiger partial charge in [0.25, 0.3) is 11.5 Å². The Kier molecular flexibility index (Phi) is 5.75. The van der Waals surface area contributed by atoms with E-state index in [1.54, 1.807) is 24.3 Å². The van der Waals surface area contributed by atoms with Crippen LogP contribution in [0.4, 0.5) is 4.39 Å². The molecule has 0 fully saturated rings. The lowest BCUT2D eigenvalue weighted by molar-refractivity contribution is 0.101. The summed E-state index contributed by atoms with van der Waals surface area (Å²) >= 11 is 9.38. The van der Waals surface area contributed by atoms with E-state index in [1.165, 1.54) is 43.5 Å². The Morgan fingerprint density at radius 2 is 1.87 bits per heavy atom. The largest absolute Gasteiger partial charge is 0.497 e. The molecule has 1 aromatic heterocycles. The van der Waals surface area contributed by atoms with Crippen LogP contribution in [-0.2, 0) is 0 Å². The van der Waals surface area contributed by atoms with Crippen LogP contribution in [-0.4, -0.2) is 22.7 Å². The molecule has 4 rings (SSSR count). The van der Waals surface area contributed by atoms with Crippen LogP contribution in [0.3, 0.4) is 0 Å². The molecule has 3 aromatic carbocycles. The van der Waals surface area contributed by atoms with Gasteiger partial charge in [0.15, 0.2) is 5.82 Å². The Bertz CT molecular complexity index is 1370. The summed E-state index contributed by atoms with van der Waals surface area (Å²) in [5.74, 6) is -0.385. The van der Waals surface area contributed by atoms with Gasteiger partial charge in [0, 0.05) is 15.1 Å². The molecule has 156 valence electrons. The fraction of sp³-hybridized carbons (Fsp3) is 0.0455. The lowest BCUT2D eigenvalue weighted by Gasteiger charge is -2.15. The van der Waals surface area contributed by atoms with Gasteiger partial charge in [-0.15, -0.1) is 0 Å². The zero-order valence-corrected chi connectivity index (χ0v) is 18.4. The predicted molar refractivity (Wildman–Crippen MR) is 121 cm³/mol. The highest BCUT2D eigenvalue weighted by molar-refractivity contribution is 9.10. The number of halogens is 3. The zero-order chi connectivity index (χ0) is 22.1. The van der Waals surface area contributed by atoms with Crippen molar-refractivity contribution in [3.05, 3.63) is 91.9 Å². The number of aromatic nitrogens is 2. The summed E-state index contributed by atoms with van der Waals surface area (Å²) in [6.45, 7) is 0. The van der Waals surface area contributed by atoms with Crippen LogP contribution in [0, 0.1) is 5.82 Å². The van der Waals surface area contributed by atoms with Crippen molar-refractivity contribution in [2.24, 2.45) is 0 Å². The number of fused-ring (bicyclic) bond motifs is 1. The third kappa shape index (κ3) is 4.17. The van der Waals surface area contributed by atoms with Gasteiger partial charge in [-0.1, -0.05) is 11.6 Å². The maximum Gasteiger partial charge on any atom is 0.280 e. The average Bonchev–Trinajstić information content (AvgIpc) is 2.77. The average molecular weight is 503 g/mol. The Morgan fingerprint density at radius 1 is 1.13 bits per heavy atom. The molecule has 0 saturated carbocycles. The second kappa shape index (κ2) is 8.49. The van der Waals surface area contributed by atoms with Crippen molar-refractivity contribution in [3.63, 3.8) is 0 Å². The number of benzene rings is 3. The molecule has 0 aliphatic heterocycles. The summed E-state index contributed by atoms with van der Waals surface area (Å²) in [5.41, 5.74) is 3.15. The minimum atomic E-state index is -0.570. The molecule has 0 saturated heterocycles. The van der Waals surface area contributed by atoms with Crippen LogP contribution < -0.4 is 15.7 Å². The van der Waals surface area contributed by atoms with E-state index in [1.807, 2.05) is 0 Å². The normalized spacial score (nSPS) is 10.8. The van der Waals surface area contributed by atoms with E-state index in [4.69, 9.17) is 16.3 Å². The molecule has 31 heavy (non-hydrogen) atoms. The zero-order valence-electron chi connectivity index (χ0n) is 16.0. The lowest BCUT2D eigenvalue weighted by atomic mass is 10.2. The third-order valence-corrected chi connectivity index (χ3v) is 5.49. The number of carbonyl (C=O) groups is 1. The molecule has 9 heteroatoms. The van der Waals surface area contributed by atoms with E-state index in [9.17, 15) is 14.0 Å². The molecule has 0 unspecified atom stereocenters. The minimum absolute atomic E-state index is 0.146. The van der Waals surface area contributed by atoms with Crippen molar-refractivity contribution < 1.29 is 13.9 Å². The summed E-state index contributed by atoms with van der Waals surface area (Å²) in [6, 6.07) is 15.0. The van der Waals surface area contributed by atoms with Crippen LogP contribution in [0.15, 0.2) is 69.9 Å². The van der Waals surface area contributed by atoms with Gasteiger partial charge in [-0.2, -0.15) is 4.68 Å². The molecule has 4 aromatic rings. The number of nitrogens with one attached hydrogen (secondary N) is 1. The fourth-order valence-electron chi connectivity index (χ4n) is 3.02. The molecule has 0 spiro atoms.